The summed E-state index contributed by atoms with van der Waals surface area (Å²) in [6.07, 6.45) is 0. The first-order valence-corrected chi connectivity index (χ1v) is 5.94. The summed E-state index contributed by atoms with van der Waals surface area (Å²) in [6, 6.07) is 0. The molecule has 2 aromatic heterocycles. The lowest BCUT2D eigenvalue weighted by Gasteiger charge is -2.12. The fourth-order valence-electron chi connectivity index (χ4n) is 1.15. The number of H-pyrrole nitrogens is 2. The van der Waals surface area contributed by atoms with Crippen molar-refractivity contribution in [3.8, 4) is 0 Å². The third-order valence-corrected chi connectivity index (χ3v) is 2.73. The highest BCUT2D eigenvalue weighted by molar-refractivity contribution is 7.09. The topological polar surface area (TPSA) is 99.4 Å². The van der Waals surface area contributed by atoms with Crippen LogP contribution in [0.15, 0.2) is 4.79 Å². The van der Waals surface area contributed by atoms with E-state index >= 15 is 0 Å². The van der Waals surface area contributed by atoms with Crippen molar-refractivity contribution in [2.24, 2.45) is 0 Å². The Morgan fingerprint density at radius 1 is 1.41 bits per heavy atom. The summed E-state index contributed by atoms with van der Waals surface area (Å²) < 4.78 is 4.27. The molecule has 0 radical (unpaired) electrons. The number of nitrogens with one attached hydrogen (secondary N) is 3. The molecule has 0 bridgehead atoms. The molecule has 2 heterocycles. The predicted octanol–water partition coefficient (Wildman–Crippen LogP) is 0.859. The normalized spacial score (nSPS) is 11.7. The average molecular weight is 254 g/mol. The smallest absolute Gasteiger partial charge is 0.340 e. The maximum absolute atomic E-state index is 10.8. The largest absolute Gasteiger partial charge is 0.353 e. The number of aromatic amines is 2. The zero-order valence-electron chi connectivity index (χ0n) is 9.87. The van der Waals surface area contributed by atoms with Crippen molar-refractivity contribution in [1.29, 1.82) is 0 Å². The van der Waals surface area contributed by atoms with Gasteiger partial charge in [0.1, 0.15) is 11.6 Å². The van der Waals surface area contributed by atoms with Gasteiger partial charge in [0.25, 0.3) is 0 Å². The predicted molar refractivity (Wildman–Crippen MR) is 65.1 cm³/mol. The van der Waals surface area contributed by atoms with Gasteiger partial charge in [-0.1, -0.05) is 20.8 Å². The van der Waals surface area contributed by atoms with Gasteiger partial charge in [-0.3, -0.25) is 4.98 Å². The van der Waals surface area contributed by atoms with Gasteiger partial charge in [0.15, 0.2) is 0 Å². The molecule has 0 fully saturated rings. The summed E-state index contributed by atoms with van der Waals surface area (Å²) in [4.78, 5) is 17.7. The van der Waals surface area contributed by atoms with E-state index in [2.05, 4.69) is 50.6 Å². The average Bonchev–Trinajstić information content (AvgIpc) is 2.82. The summed E-state index contributed by atoms with van der Waals surface area (Å²) in [7, 11) is 0. The van der Waals surface area contributed by atoms with Gasteiger partial charge in [0.2, 0.25) is 5.13 Å². The third kappa shape index (κ3) is 2.90. The Kier molecular flexibility index (Phi) is 2.97. The number of aromatic nitrogens is 5. The quantitative estimate of drug-likeness (QED) is 0.754. The van der Waals surface area contributed by atoms with Gasteiger partial charge in [-0.15, -0.1) is 0 Å². The molecule has 0 aromatic carbocycles. The fourth-order valence-corrected chi connectivity index (χ4v) is 1.90. The number of nitrogens with zero attached hydrogens (tertiary/aromatic N) is 3. The Morgan fingerprint density at radius 3 is 2.71 bits per heavy atom. The Balaban J connectivity index is 2.00. The van der Waals surface area contributed by atoms with Crippen LogP contribution >= 0.6 is 11.5 Å². The summed E-state index contributed by atoms with van der Waals surface area (Å²) in [6.45, 7) is 6.59. The molecule has 0 aliphatic carbocycles. The van der Waals surface area contributed by atoms with Crippen molar-refractivity contribution >= 4 is 16.7 Å². The lowest BCUT2D eigenvalue weighted by molar-refractivity contribution is 0.555. The second kappa shape index (κ2) is 4.28. The minimum atomic E-state index is -0.311. The van der Waals surface area contributed by atoms with Gasteiger partial charge in [-0.25, -0.2) is 14.9 Å². The second-order valence-electron chi connectivity index (χ2n) is 4.65. The molecule has 92 valence electrons. The van der Waals surface area contributed by atoms with Crippen molar-refractivity contribution in [3.05, 3.63) is 22.1 Å². The highest BCUT2D eigenvalue weighted by atomic mass is 32.1. The van der Waals surface area contributed by atoms with Crippen LogP contribution in [-0.2, 0) is 12.0 Å². The first-order chi connectivity index (χ1) is 7.95. The molecule has 0 atom stereocenters. The van der Waals surface area contributed by atoms with Gasteiger partial charge >= 0.3 is 5.69 Å². The van der Waals surface area contributed by atoms with Gasteiger partial charge in [0, 0.05) is 16.9 Å². The third-order valence-electron chi connectivity index (χ3n) is 2.05. The van der Waals surface area contributed by atoms with E-state index in [4.69, 9.17) is 0 Å². The Labute approximate surface area is 102 Å². The van der Waals surface area contributed by atoms with E-state index in [1.54, 1.807) is 0 Å². The zero-order chi connectivity index (χ0) is 12.5. The van der Waals surface area contributed by atoms with Crippen LogP contribution in [0.3, 0.4) is 0 Å². The molecule has 0 saturated heterocycles. The van der Waals surface area contributed by atoms with Crippen LogP contribution in [0.1, 0.15) is 32.4 Å². The first-order valence-electron chi connectivity index (χ1n) is 5.17. The van der Waals surface area contributed by atoms with Crippen molar-refractivity contribution in [3.63, 3.8) is 0 Å². The molecule has 2 rings (SSSR count). The molecular formula is C9H14N6OS. The molecule has 0 saturated carbocycles. The van der Waals surface area contributed by atoms with Gasteiger partial charge in [-0.05, 0) is 0 Å². The van der Waals surface area contributed by atoms with Gasteiger partial charge in [0.05, 0.1) is 6.54 Å². The van der Waals surface area contributed by atoms with Crippen LogP contribution in [-0.4, -0.2) is 24.5 Å². The first kappa shape index (κ1) is 11.8. The molecule has 0 spiro atoms. The summed E-state index contributed by atoms with van der Waals surface area (Å²) in [5.74, 6) is 1.35. The minimum absolute atomic E-state index is 0.0585. The zero-order valence-corrected chi connectivity index (χ0v) is 10.7. The Hall–Kier alpha value is -1.70. The van der Waals surface area contributed by atoms with E-state index < -0.39 is 0 Å². The SMILES string of the molecule is CC(C)(C)c1nsc(NCc2n[nH]c(=O)[nH]2)n1. The Morgan fingerprint density at radius 2 is 2.18 bits per heavy atom. The lowest BCUT2D eigenvalue weighted by Crippen LogP contribution is -2.13. The molecular weight excluding hydrogens is 240 g/mol. The van der Waals surface area contributed by atoms with E-state index in [1.165, 1.54) is 11.5 Å². The molecule has 0 amide bonds. The maximum atomic E-state index is 10.8. The summed E-state index contributed by atoms with van der Waals surface area (Å²) in [5.41, 5.74) is -0.369. The van der Waals surface area contributed by atoms with Crippen LogP contribution in [0, 0.1) is 0 Å². The number of anilines is 1. The number of rotatable bonds is 3. The molecule has 2 aromatic rings. The molecule has 3 N–H and O–H groups in total. The van der Waals surface area contributed by atoms with Crippen LogP contribution in [0.25, 0.3) is 0 Å². The second-order valence-corrected chi connectivity index (χ2v) is 5.40. The molecule has 17 heavy (non-hydrogen) atoms. The summed E-state index contributed by atoms with van der Waals surface area (Å²) in [5, 5.41) is 9.87. The maximum Gasteiger partial charge on any atom is 0.340 e. The van der Waals surface area contributed by atoms with E-state index in [1.807, 2.05) is 0 Å². The number of hydrogen-bond acceptors (Lipinski definition) is 6. The van der Waals surface area contributed by atoms with Crippen molar-refractivity contribution < 1.29 is 0 Å². The summed E-state index contributed by atoms with van der Waals surface area (Å²) >= 11 is 1.30. The molecule has 8 heteroatoms. The standard InChI is InChI=1S/C9H14N6OS/c1-9(2,3)6-12-8(17-15-6)10-4-5-11-7(16)14-13-5/h4H2,1-3H3,(H,10,12,15)(H2,11,13,14,16). The van der Waals surface area contributed by atoms with E-state index in [0.29, 0.717) is 12.4 Å². The van der Waals surface area contributed by atoms with E-state index in [0.717, 1.165) is 11.0 Å². The van der Waals surface area contributed by atoms with Crippen molar-refractivity contribution in [1.82, 2.24) is 24.5 Å². The van der Waals surface area contributed by atoms with Crippen molar-refractivity contribution in [2.75, 3.05) is 5.32 Å². The molecule has 0 unspecified atom stereocenters. The Bertz CT molecular complexity index is 548. The van der Waals surface area contributed by atoms with Crippen LogP contribution in [0.2, 0.25) is 0 Å². The highest BCUT2D eigenvalue weighted by Crippen LogP contribution is 2.22. The highest BCUT2D eigenvalue weighted by Gasteiger charge is 2.19. The van der Waals surface area contributed by atoms with Crippen LogP contribution in [0.5, 0.6) is 0 Å². The van der Waals surface area contributed by atoms with E-state index in [-0.39, 0.29) is 11.1 Å². The van der Waals surface area contributed by atoms with E-state index in [9.17, 15) is 4.79 Å². The van der Waals surface area contributed by atoms with Gasteiger partial charge in [-0.2, -0.15) is 9.47 Å². The fraction of sp³-hybridized carbons (Fsp3) is 0.556. The number of hydrogen-bond donors (Lipinski definition) is 3. The lowest BCUT2D eigenvalue weighted by atomic mass is 9.96. The molecule has 0 aliphatic heterocycles. The van der Waals surface area contributed by atoms with Crippen LogP contribution < -0.4 is 11.0 Å². The minimum Gasteiger partial charge on any atom is -0.353 e. The molecule has 0 aliphatic rings. The molecule has 7 nitrogen and oxygen atoms in total. The van der Waals surface area contributed by atoms with Crippen LogP contribution in [0.4, 0.5) is 5.13 Å². The van der Waals surface area contributed by atoms with Crippen molar-refractivity contribution in [2.45, 2.75) is 32.7 Å². The monoisotopic (exact) mass is 254 g/mol. The van der Waals surface area contributed by atoms with Gasteiger partial charge < -0.3 is 5.32 Å².